The summed E-state index contributed by atoms with van der Waals surface area (Å²) < 4.78 is 0. The van der Waals surface area contributed by atoms with Crippen molar-refractivity contribution in [2.75, 3.05) is 56.7 Å². The number of thioether (sulfide) groups is 1. The molecule has 0 spiro atoms. The highest BCUT2D eigenvalue weighted by Crippen LogP contribution is 2.31. The second-order valence-corrected chi connectivity index (χ2v) is 11.9. The molecule has 1 aromatic heterocycles. The summed E-state index contributed by atoms with van der Waals surface area (Å²) in [6.07, 6.45) is 6.75. The van der Waals surface area contributed by atoms with Gasteiger partial charge in [0, 0.05) is 42.7 Å². The Morgan fingerprint density at radius 1 is 1.14 bits per heavy atom. The van der Waals surface area contributed by atoms with Crippen LogP contribution in [0.3, 0.4) is 0 Å². The number of aliphatic hydroxyl groups is 1. The molecule has 0 radical (unpaired) electrons. The van der Waals surface area contributed by atoms with Crippen LogP contribution in [0.25, 0.3) is 11.3 Å². The van der Waals surface area contributed by atoms with Crippen molar-refractivity contribution in [2.24, 2.45) is 0 Å². The van der Waals surface area contributed by atoms with Crippen LogP contribution in [0.15, 0.2) is 29.6 Å². The Morgan fingerprint density at radius 2 is 1.84 bits per heavy atom. The standard InChI is InChI=1S/C27H39N5O3S2/c1-31-13-15-32(16-14-31)26-29-23(19-37-26)20-6-8-21(9-7-20)24(34)30-27(11-4-3-5-12-27)25(35)28-22(18-33)10-17-36-2/h6-9,19,22,33H,3-5,10-18H2,1-2H3,(H,28,35)(H,30,34)/t22-/m0/s1. The number of aliphatic hydroxyl groups excluding tert-OH is 1. The number of carbonyl (C=O) groups excluding carboxylic acids is 2. The smallest absolute Gasteiger partial charge is 0.252 e. The highest BCUT2D eigenvalue weighted by atomic mass is 32.2. The number of hydrogen-bond donors (Lipinski definition) is 3. The maximum absolute atomic E-state index is 13.4. The number of likely N-dealkylation sites (N-methyl/N-ethyl adjacent to an activating group) is 1. The van der Waals surface area contributed by atoms with Gasteiger partial charge >= 0.3 is 0 Å². The van der Waals surface area contributed by atoms with Crippen LogP contribution in [0.5, 0.6) is 0 Å². The summed E-state index contributed by atoms with van der Waals surface area (Å²) in [7, 11) is 2.14. The first-order valence-electron chi connectivity index (χ1n) is 13.2. The van der Waals surface area contributed by atoms with Gasteiger partial charge in [-0.15, -0.1) is 11.3 Å². The lowest BCUT2D eigenvalue weighted by Crippen LogP contribution is -2.61. The molecule has 2 heterocycles. The van der Waals surface area contributed by atoms with Crippen molar-refractivity contribution in [3.8, 4) is 11.3 Å². The number of anilines is 1. The zero-order valence-corrected chi connectivity index (χ0v) is 23.5. The SMILES string of the molecule is CSCC[C@@H](CO)NC(=O)C1(NC(=O)c2ccc(-c3csc(N4CCN(C)CC4)n3)cc2)CCCCC1. The molecule has 8 nitrogen and oxygen atoms in total. The zero-order valence-electron chi connectivity index (χ0n) is 21.9. The predicted molar refractivity (Wildman–Crippen MR) is 153 cm³/mol. The van der Waals surface area contributed by atoms with E-state index in [9.17, 15) is 14.7 Å². The molecule has 1 saturated carbocycles. The maximum Gasteiger partial charge on any atom is 0.252 e. The first kappa shape index (κ1) is 27.9. The van der Waals surface area contributed by atoms with Crippen LogP contribution in [0.2, 0.25) is 0 Å². The van der Waals surface area contributed by atoms with E-state index in [1.807, 2.05) is 30.5 Å². The fourth-order valence-corrected chi connectivity index (χ4v) is 6.39. The van der Waals surface area contributed by atoms with Crippen LogP contribution in [-0.4, -0.2) is 90.2 Å². The quantitative estimate of drug-likeness (QED) is 0.422. The van der Waals surface area contributed by atoms with E-state index < -0.39 is 5.54 Å². The zero-order chi connectivity index (χ0) is 26.3. The molecule has 0 unspecified atom stereocenters. The first-order valence-corrected chi connectivity index (χ1v) is 15.4. The summed E-state index contributed by atoms with van der Waals surface area (Å²) >= 11 is 3.34. The molecule has 2 aromatic rings. The molecule has 1 saturated heterocycles. The molecule has 2 aliphatic rings. The lowest BCUT2D eigenvalue weighted by atomic mass is 9.80. The maximum atomic E-state index is 13.4. The minimum absolute atomic E-state index is 0.106. The Morgan fingerprint density at radius 3 is 2.49 bits per heavy atom. The van der Waals surface area contributed by atoms with Crippen LogP contribution in [0.1, 0.15) is 48.9 Å². The van der Waals surface area contributed by atoms with Gasteiger partial charge in [0.1, 0.15) is 5.54 Å². The first-order chi connectivity index (χ1) is 17.9. The van der Waals surface area contributed by atoms with Gasteiger partial charge < -0.3 is 25.5 Å². The second kappa shape index (κ2) is 13.1. The molecule has 1 atom stereocenters. The van der Waals surface area contributed by atoms with Gasteiger partial charge in [-0.2, -0.15) is 11.8 Å². The third-order valence-corrected chi connectivity index (χ3v) is 8.97. The normalized spacial score (nSPS) is 18.8. The van der Waals surface area contributed by atoms with Crippen molar-refractivity contribution in [2.45, 2.75) is 50.1 Å². The molecule has 1 aliphatic carbocycles. The van der Waals surface area contributed by atoms with Crippen molar-refractivity contribution in [1.29, 1.82) is 0 Å². The van der Waals surface area contributed by atoms with E-state index in [1.54, 1.807) is 23.1 Å². The third-order valence-electron chi connectivity index (χ3n) is 7.43. The number of thiazole rings is 1. The van der Waals surface area contributed by atoms with Crippen molar-refractivity contribution in [3.05, 3.63) is 35.2 Å². The van der Waals surface area contributed by atoms with Crippen LogP contribution in [-0.2, 0) is 4.79 Å². The van der Waals surface area contributed by atoms with Gasteiger partial charge in [-0.1, -0.05) is 31.4 Å². The number of hydrogen-bond acceptors (Lipinski definition) is 8. The van der Waals surface area contributed by atoms with Gasteiger partial charge in [0.05, 0.1) is 18.3 Å². The van der Waals surface area contributed by atoms with Gasteiger partial charge in [-0.05, 0) is 50.5 Å². The lowest BCUT2D eigenvalue weighted by Gasteiger charge is -2.37. The van der Waals surface area contributed by atoms with E-state index >= 15 is 0 Å². The largest absolute Gasteiger partial charge is 0.394 e. The van der Waals surface area contributed by atoms with Gasteiger partial charge in [-0.3, -0.25) is 9.59 Å². The van der Waals surface area contributed by atoms with Gasteiger partial charge in [0.15, 0.2) is 5.13 Å². The predicted octanol–water partition coefficient (Wildman–Crippen LogP) is 3.22. The number of amides is 2. The Labute approximate surface area is 228 Å². The summed E-state index contributed by atoms with van der Waals surface area (Å²) in [6.45, 7) is 3.93. The molecule has 1 aromatic carbocycles. The molecule has 10 heteroatoms. The minimum atomic E-state index is -0.937. The summed E-state index contributed by atoms with van der Waals surface area (Å²) in [5.41, 5.74) is 1.47. The average Bonchev–Trinajstić information content (AvgIpc) is 3.42. The Balaban J connectivity index is 1.42. The number of benzene rings is 1. The molecule has 37 heavy (non-hydrogen) atoms. The minimum Gasteiger partial charge on any atom is -0.394 e. The Kier molecular flexibility index (Phi) is 9.86. The van der Waals surface area contributed by atoms with Crippen LogP contribution < -0.4 is 15.5 Å². The summed E-state index contributed by atoms with van der Waals surface area (Å²) in [5, 5.41) is 18.9. The van der Waals surface area contributed by atoms with E-state index in [2.05, 4.69) is 32.9 Å². The van der Waals surface area contributed by atoms with Gasteiger partial charge in [0.25, 0.3) is 5.91 Å². The van der Waals surface area contributed by atoms with E-state index in [1.165, 1.54) is 0 Å². The lowest BCUT2D eigenvalue weighted by molar-refractivity contribution is -0.129. The van der Waals surface area contributed by atoms with Crippen molar-refractivity contribution < 1.29 is 14.7 Å². The average molecular weight is 546 g/mol. The molecule has 202 valence electrons. The summed E-state index contributed by atoms with van der Waals surface area (Å²) in [6, 6.07) is 7.17. The third kappa shape index (κ3) is 7.04. The molecule has 0 bridgehead atoms. The summed E-state index contributed by atoms with van der Waals surface area (Å²) in [5.74, 6) is 0.425. The van der Waals surface area contributed by atoms with E-state index in [-0.39, 0.29) is 24.5 Å². The monoisotopic (exact) mass is 545 g/mol. The molecular formula is C27H39N5O3S2. The number of piperazine rings is 1. The highest BCUT2D eigenvalue weighted by molar-refractivity contribution is 7.98. The van der Waals surface area contributed by atoms with E-state index in [0.717, 1.165) is 67.6 Å². The van der Waals surface area contributed by atoms with E-state index in [0.29, 0.717) is 24.8 Å². The number of rotatable bonds is 10. The number of carbonyl (C=O) groups is 2. The Hall–Kier alpha value is -2.14. The molecule has 2 fully saturated rings. The second-order valence-electron chi connectivity index (χ2n) is 10.1. The topological polar surface area (TPSA) is 97.8 Å². The molecule has 3 N–H and O–H groups in total. The molecule has 1 aliphatic heterocycles. The van der Waals surface area contributed by atoms with Crippen LogP contribution >= 0.6 is 23.1 Å². The number of nitrogens with zero attached hydrogens (tertiary/aromatic N) is 3. The Bertz CT molecular complexity index is 1030. The van der Waals surface area contributed by atoms with Gasteiger partial charge in [-0.25, -0.2) is 4.98 Å². The number of aromatic nitrogens is 1. The van der Waals surface area contributed by atoms with Gasteiger partial charge in [0.2, 0.25) is 5.91 Å². The van der Waals surface area contributed by atoms with Crippen molar-refractivity contribution in [3.63, 3.8) is 0 Å². The fourth-order valence-electron chi connectivity index (χ4n) is 4.98. The fraction of sp³-hybridized carbons (Fsp3) is 0.593. The van der Waals surface area contributed by atoms with E-state index in [4.69, 9.17) is 4.98 Å². The summed E-state index contributed by atoms with van der Waals surface area (Å²) in [4.78, 5) is 36.1. The van der Waals surface area contributed by atoms with Crippen LogP contribution in [0.4, 0.5) is 5.13 Å². The highest BCUT2D eigenvalue weighted by Gasteiger charge is 2.41. The molecular weight excluding hydrogens is 506 g/mol. The van der Waals surface area contributed by atoms with Crippen molar-refractivity contribution in [1.82, 2.24) is 20.5 Å². The molecule has 4 rings (SSSR count). The van der Waals surface area contributed by atoms with Crippen molar-refractivity contribution >= 4 is 40.0 Å². The van der Waals surface area contributed by atoms with Crippen LogP contribution in [0, 0.1) is 0 Å². The molecule has 2 amide bonds. The number of nitrogens with one attached hydrogen (secondary N) is 2.